The van der Waals surface area contributed by atoms with Crippen LogP contribution >= 0.6 is 0 Å². The van der Waals surface area contributed by atoms with Crippen molar-refractivity contribution in [3.63, 3.8) is 0 Å². The van der Waals surface area contributed by atoms with Gasteiger partial charge in [0, 0.05) is 0 Å². The van der Waals surface area contributed by atoms with Crippen LogP contribution in [-0.4, -0.2) is 0 Å². The van der Waals surface area contributed by atoms with Crippen LogP contribution in [0.5, 0.6) is 0 Å². The van der Waals surface area contributed by atoms with Gasteiger partial charge in [0.1, 0.15) is 17.2 Å². The first-order valence-electron chi connectivity index (χ1n) is 3.73. The Labute approximate surface area is 77.8 Å². The third kappa shape index (κ3) is 2.67. The maximum atomic E-state index is 12.2. The number of alkyl halides is 3. The Morgan fingerprint density at radius 3 is 2.64 bits per heavy atom. The molecule has 14 heavy (non-hydrogen) atoms. The minimum atomic E-state index is -4.34. The molecule has 1 rings (SSSR count). The molecule has 0 saturated heterocycles. The van der Waals surface area contributed by atoms with Gasteiger partial charge >= 0.3 is 6.18 Å². The number of nitrogens with one attached hydrogen (secondary N) is 1. The van der Waals surface area contributed by atoms with Crippen molar-refractivity contribution in [2.45, 2.75) is 12.7 Å². The van der Waals surface area contributed by atoms with Gasteiger partial charge in [-0.15, -0.1) is 0 Å². The summed E-state index contributed by atoms with van der Waals surface area (Å²) in [6.07, 6.45) is -4.34. The fraction of sp³-hybridized carbons (Fsp3) is 0.250. The molecular weight excluding hydrogens is 195 g/mol. The van der Waals surface area contributed by atoms with Gasteiger partial charge in [0.2, 0.25) is 4.91 Å². The van der Waals surface area contributed by atoms with Gasteiger partial charge in [-0.3, -0.25) is 0 Å². The molecule has 3 nitrogen and oxygen atoms in total. The molecule has 0 bridgehead atoms. The number of hydrogen-bond acceptors (Lipinski definition) is 2. The van der Waals surface area contributed by atoms with E-state index in [0.29, 0.717) is 5.56 Å². The molecule has 0 aliphatic heterocycles. The van der Waals surface area contributed by atoms with E-state index in [1.54, 1.807) is 0 Å². The van der Waals surface area contributed by atoms with Crippen molar-refractivity contribution < 1.29 is 13.2 Å². The van der Waals surface area contributed by atoms with Crippen molar-refractivity contribution in [2.24, 2.45) is 5.11 Å². The van der Waals surface area contributed by atoms with Crippen LogP contribution in [0.15, 0.2) is 29.4 Å². The van der Waals surface area contributed by atoms with Crippen LogP contribution < -0.4 is 4.91 Å². The number of benzene rings is 1. The summed E-state index contributed by atoms with van der Waals surface area (Å²) in [6.45, 7) is -0.00653. The summed E-state index contributed by atoms with van der Waals surface area (Å²) >= 11 is 0. The van der Waals surface area contributed by atoms with Gasteiger partial charge in [-0.1, -0.05) is 12.1 Å². The van der Waals surface area contributed by atoms with Crippen LogP contribution in [-0.2, 0) is 12.7 Å². The lowest BCUT2D eigenvalue weighted by molar-refractivity contribution is -0.137. The van der Waals surface area contributed by atoms with E-state index in [1.807, 2.05) is 0 Å². The fourth-order valence-corrected chi connectivity index (χ4v) is 0.963. The molecule has 0 aliphatic rings. The zero-order valence-electron chi connectivity index (χ0n) is 7.04. The smallest absolute Gasteiger partial charge is 0.166 e. The highest BCUT2D eigenvalue weighted by Crippen LogP contribution is 2.29. The minimum Gasteiger partial charge on any atom is -0.166 e. The molecule has 0 aromatic heterocycles. The molecular formula is C8H7F3N3+. The van der Waals surface area contributed by atoms with E-state index in [4.69, 9.17) is 5.53 Å². The zero-order valence-corrected chi connectivity index (χ0v) is 7.04. The van der Waals surface area contributed by atoms with Gasteiger partial charge in [-0.05, 0) is 17.7 Å². The molecule has 0 radical (unpaired) electrons. The van der Waals surface area contributed by atoms with Gasteiger partial charge in [-0.2, -0.15) is 13.2 Å². The van der Waals surface area contributed by atoms with Crippen molar-refractivity contribution >= 4 is 0 Å². The summed E-state index contributed by atoms with van der Waals surface area (Å²) < 4.78 is 36.6. The van der Waals surface area contributed by atoms with Crippen LogP contribution in [0.3, 0.4) is 0 Å². The largest absolute Gasteiger partial charge is 0.416 e. The first kappa shape index (κ1) is 10.4. The Morgan fingerprint density at radius 1 is 1.36 bits per heavy atom. The summed E-state index contributed by atoms with van der Waals surface area (Å²) in [5.41, 5.74) is 6.04. The second-order valence-corrected chi connectivity index (χ2v) is 2.60. The Hall–Kier alpha value is -1.68. The Kier molecular flexibility index (Phi) is 2.99. The first-order valence-corrected chi connectivity index (χ1v) is 3.73. The van der Waals surface area contributed by atoms with Crippen molar-refractivity contribution in [1.29, 1.82) is 5.53 Å². The average Bonchev–Trinajstić information content (AvgIpc) is 2.14. The summed E-state index contributed by atoms with van der Waals surface area (Å²) in [5, 5.41) is 3.29. The topological polar surface area (TPSA) is 50.3 Å². The summed E-state index contributed by atoms with van der Waals surface area (Å²) in [6, 6.07) is 4.79. The molecule has 0 unspecified atom stereocenters. The maximum Gasteiger partial charge on any atom is 0.416 e. The molecule has 0 saturated carbocycles. The minimum absolute atomic E-state index is 0.00653. The highest BCUT2D eigenvalue weighted by atomic mass is 19.4. The van der Waals surface area contributed by atoms with Crippen LogP contribution in [0, 0.1) is 5.53 Å². The Morgan fingerprint density at radius 2 is 2.07 bits per heavy atom. The van der Waals surface area contributed by atoms with Gasteiger partial charge in [0.05, 0.1) is 5.56 Å². The number of rotatable bonds is 2. The summed E-state index contributed by atoms with van der Waals surface area (Å²) in [5.74, 6) is 0. The van der Waals surface area contributed by atoms with Gasteiger partial charge in [-0.25, -0.2) is 0 Å². The highest BCUT2D eigenvalue weighted by molar-refractivity contribution is 5.25. The number of hydrogen-bond donors (Lipinski definition) is 1. The third-order valence-electron chi connectivity index (χ3n) is 1.58. The summed E-state index contributed by atoms with van der Waals surface area (Å²) in [4.78, 5) is 2.72. The fourth-order valence-electron chi connectivity index (χ4n) is 0.963. The lowest BCUT2D eigenvalue weighted by Gasteiger charge is -2.06. The molecule has 74 valence electrons. The maximum absolute atomic E-state index is 12.2. The molecule has 1 aromatic carbocycles. The molecule has 6 heteroatoms. The Bertz CT molecular complexity index is 366. The lowest BCUT2D eigenvalue weighted by Crippen LogP contribution is -2.04. The van der Waals surface area contributed by atoms with E-state index in [1.165, 1.54) is 12.1 Å². The van der Waals surface area contributed by atoms with Gasteiger partial charge in [0.15, 0.2) is 0 Å². The second-order valence-electron chi connectivity index (χ2n) is 2.60. The molecule has 0 atom stereocenters. The first-order chi connectivity index (χ1) is 6.54. The normalized spacial score (nSPS) is 10.8. The molecule has 0 spiro atoms. The molecule has 0 heterocycles. The van der Waals surface area contributed by atoms with Crippen molar-refractivity contribution in [3.8, 4) is 0 Å². The molecule has 1 N–H and O–H groups in total. The van der Waals surface area contributed by atoms with Crippen LogP contribution in [0.1, 0.15) is 11.1 Å². The van der Waals surface area contributed by atoms with Crippen LogP contribution in [0.4, 0.5) is 13.2 Å². The molecule has 0 aliphatic carbocycles. The van der Waals surface area contributed by atoms with Crippen molar-refractivity contribution in [2.75, 3.05) is 0 Å². The second kappa shape index (κ2) is 4.02. The lowest BCUT2D eigenvalue weighted by atomic mass is 10.1. The van der Waals surface area contributed by atoms with E-state index in [-0.39, 0.29) is 6.54 Å². The summed E-state index contributed by atoms with van der Waals surface area (Å²) in [7, 11) is 0. The number of halogens is 3. The van der Waals surface area contributed by atoms with Crippen LogP contribution in [0.25, 0.3) is 0 Å². The monoisotopic (exact) mass is 202 g/mol. The predicted octanol–water partition coefficient (Wildman–Crippen LogP) is 2.76. The SMILES string of the molecule is N=[N+]=NCc1cccc(C(F)(F)F)c1. The highest BCUT2D eigenvalue weighted by Gasteiger charge is 2.30. The third-order valence-corrected chi connectivity index (χ3v) is 1.58. The van der Waals surface area contributed by atoms with Gasteiger partial charge < -0.3 is 0 Å². The zero-order chi connectivity index (χ0) is 10.6. The van der Waals surface area contributed by atoms with E-state index in [0.717, 1.165) is 12.1 Å². The van der Waals surface area contributed by atoms with E-state index in [2.05, 4.69) is 10.0 Å². The Balaban J connectivity index is 2.95. The van der Waals surface area contributed by atoms with Crippen molar-refractivity contribution in [3.05, 3.63) is 35.4 Å². The van der Waals surface area contributed by atoms with E-state index in [9.17, 15) is 13.2 Å². The molecule has 1 aromatic rings. The predicted molar refractivity (Wildman–Crippen MR) is 42.4 cm³/mol. The van der Waals surface area contributed by atoms with Crippen LogP contribution in [0.2, 0.25) is 0 Å². The average molecular weight is 202 g/mol. The van der Waals surface area contributed by atoms with E-state index >= 15 is 0 Å². The standard InChI is InChI=1S/C8H7F3N3/c9-8(10,11)7-3-1-2-6(4-7)5-13-14-12/h1-4,12H,5H2/q+1. The number of nitrogens with zero attached hydrogens (tertiary/aromatic N) is 2. The van der Waals surface area contributed by atoms with Gasteiger partial charge in [0.25, 0.3) is 0 Å². The molecule has 0 amide bonds. The quantitative estimate of drug-likeness (QED) is 0.566. The van der Waals surface area contributed by atoms with Crippen molar-refractivity contribution in [1.82, 2.24) is 4.91 Å². The molecule has 0 fully saturated rings. The van der Waals surface area contributed by atoms with E-state index < -0.39 is 11.7 Å².